The van der Waals surface area contributed by atoms with Gasteiger partial charge in [0.1, 0.15) is 11.5 Å². The van der Waals surface area contributed by atoms with Crippen LogP contribution in [0.5, 0.6) is 11.5 Å². The molecule has 0 aliphatic carbocycles. The molecule has 53 heavy (non-hydrogen) atoms. The zero-order valence-electron chi connectivity index (χ0n) is 29.3. The third-order valence-electron chi connectivity index (χ3n) is 9.04. The fourth-order valence-electron chi connectivity index (χ4n) is 6.12. The van der Waals surface area contributed by atoms with Gasteiger partial charge in [0.05, 0.1) is 18.8 Å². The topological polar surface area (TPSA) is 133 Å². The number of carbonyl (C=O) groups is 1. The highest BCUT2D eigenvalue weighted by atomic mass is 32.2. The quantitative estimate of drug-likeness (QED) is 0.107. The molecule has 3 N–H and O–H groups in total. The van der Waals surface area contributed by atoms with E-state index in [9.17, 15) is 9.90 Å². The summed E-state index contributed by atoms with van der Waals surface area (Å²) in [6.45, 7) is 2.46. The maximum Gasteiger partial charge on any atom is 0.319 e. The molecular formula is C41H40N6O5S. The van der Waals surface area contributed by atoms with Gasteiger partial charge in [0.2, 0.25) is 5.16 Å². The van der Waals surface area contributed by atoms with Gasteiger partial charge in [-0.05, 0) is 86.8 Å². The van der Waals surface area contributed by atoms with Gasteiger partial charge in [-0.15, -0.1) is 5.10 Å². The first-order chi connectivity index (χ1) is 25.9. The van der Waals surface area contributed by atoms with Crippen LogP contribution in [0.2, 0.25) is 0 Å². The number of aryl methyl sites for hydroxylation is 1. The Morgan fingerprint density at radius 3 is 2.30 bits per heavy atom. The normalized spacial score (nSPS) is 18.3. The van der Waals surface area contributed by atoms with E-state index in [2.05, 4.69) is 51.3 Å². The lowest BCUT2D eigenvalue weighted by molar-refractivity contribution is -0.268. The standard InChI is InChI=1S/C41H40N6O5S/c1-27-37(26-53-41-44-45-46-47(41)2)51-39(52-38(27)30-16-14-28(25-48)15-17-30)33-11-7-10-32(23-33)31-9-6-8-29(22-31)24-42-40(49)43-34-18-20-36(21-19-34)50-35-12-4-3-5-13-35/h3-23,27,37-39,48H,24-26H2,1-2H3,(H2,42,43,49)/t27-,37+,38+,39+/m0/s1. The van der Waals surface area contributed by atoms with E-state index in [0.29, 0.717) is 28.9 Å². The van der Waals surface area contributed by atoms with Gasteiger partial charge < -0.3 is 30.0 Å². The molecule has 270 valence electrons. The van der Waals surface area contributed by atoms with Gasteiger partial charge in [-0.3, -0.25) is 0 Å². The van der Waals surface area contributed by atoms with Crippen LogP contribution >= 0.6 is 11.8 Å². The number of rotatable bonds is 12. The van der Waals surface area contributed by atoms with Crippen LogP contribution in [0.1, 0.15) is 41.6 Å². The molecule has 0 saturated carbocycles. The van der Waals surface area contributed by atoms with Crippen molar-refractivity contribution >= 4 is 23.5 Å². The molecule has 1 saturated heterocycles. The molecule has 6 aromatic rings. The van der Waals surface area contributed by atoms with Crippen molar-refractivity contribution in [1.29, 1.82) is 0 Å². The molecule has 11 nitrogen and oxygen atoms in total. The van der Waals surface area contributed by atoms with E-state index in [1.807, 2.05) is 104 Å². The number of nitrogens with zero attached hydrogens (tertiary/aromatic N) is 4. The molecule has 1 aliphatic rings. The van der Waals surface area contributed by atoms with Crippen molar-refractivity contribution in [2.24, 2.45) is 13.0 Å². The number of aliphatic hydroxyl groups is 1. The van der Waals surface area contributed by atoms with E-state index < -0.39 is 6.29 Å². The first kappa shape index (κ1) is 35.9. The van der Waals surface area contributed by atoms with Gasteiger partial charge in [0.25, 0.3) is 0 Å². The van der Waals surface area contributed by atoms with Crippen molar-refractivity contribution < 1.29 is 24.1 Å². The molecule has 4 atom stereocenters. The Labute approximate surface area is 312 Å². The number of amides is 2. The number of thioether (sulfide) groups is 1. The van der Waals surface area contributed by atoms with Crippen LogP contribution in [0.3, 0.4) is 0 Å². The van der Waals surface area contributed by atoms with Gasteiger partial charge in [-0.25, -0.2) is 9.48 Å². The first-order valence-electron chi connectivity index (χ1n) is 17.3. The highest BCUT2D eigenvalue weighted by molar-refractivity contribution is 7.99. The van der Waals surface area contributed by atoms with Gasteiger partial charge in [-0.1, -0.05) is 97.5 Å². The summed E-state index contributed by atoms with van der Waals surface area (Å²) in [5, 5.41) is 28.0. The lowest BCUT2D eigenvalue weighted by Gasteiger charge is -2.41. The second-order valence-corrected chi connectivity index (χ2v) is 13.8. The Bertz CT molecular complexity index is 2110. The molecule has 1 aromatic heterocycles. The van der Waals surface area contributed by atoms with E-state index in [1.54, 1.807) is 28.6 Å². The van der Waals surface area contributed by atoms with Crippen molar-refractivity contribution in [1.82, 2.24) is 25.5 Å². The summed E-state index contributed by atoms with van der Waals surface area (Å²) in [4.78, 5) is 12.8. The lowest BCUT2D eigenvalue weighted by Crippen LogP contribution is -2.38. The van der Waals surface area contributed by atoms with E-state index in [4.69, 9.17) is 14.2 Å². The molecule has 1 fully saturated rings. The predicted octanol–water partition coefficient (Wildman–Crippen LogP) is 8.07. The Morgan fingerprint density at radius 2 is 1.57 bits per heavy atom. The van der Waals surface area contributed by atoms with Gasteiger partial charge in [-0.2, -0.15) is 0 Å². The number of benzene rings is 5. The number of hydrogen-bond donors (Lipinski definition) is 3. The molecule has 5 aromatic carbocycles. The number of urea groups is 1. The zero-order chi connectivity index (χ0) is 36.6. The Morgan fingerprint density at radius 1 is 0.830 bits per heavy atom. The predicted molar refractivity (Wildman–Crippen MR) is 203 cm³/mol. The number of aliphatic hydroxyl groups excluding tert-OH is 1. The van der Waals surface area contributed by atoms with Gasteiger partial charge in [0, 0.05) is 36.5 Å². The SMILES string of the molecule is C[C@H]1[C@@H](CSc2nnnn2C)O[C@@H](c2cccc(-c3cccc(CNC(=O)Nc4ccc(Oc5ccccc5)cc4)c3)c2)O[C@H]1c1ccc(CO)cc1. The molecule has 7 rings (SSSR count). The molecule has 2 heterocycles. The molecule has 0 radical (unpaired) electrons. The summed E-state index contributed by atoms with van der Waals surface area (Å²) in [6.07, 6.45) is -1.03. The highest BCUT2D eigenvalue weighted by Gasteiger charge is 2.38. The average molecular weight is 729 g/mol. The van der Waals surface area contributed by atoms with Crippen LogP contribution in [0, 0.1) is 5.92 Å². The maximum absolute atomic E-state index is 12.8. The lowest BCUT2D eigenvalue weighted by atomic mass is 9.91. The fraction of sp³-hybridized carbons (Fsp3) is 0.220. The smallest absolute Gasteiger partial charge is 0.319 e. The second kappa shape index (κ2) is 16.9. The molecule has 0 spiro atoms. The number of aromatic nitrogens is 4. The van der Waals surface area contributed by atoms with Crippen LogP contribution in [-0.4, -0.2) is 43.2 Å². The number of para-hydroxylation sites is 1. The number of ether oxygens (including phenoxy) is 3. The summed E-state index contributed by atoms with van der Waals surface area (Å²) in [5.41, 5.74) is 6.37. The van der Waals surface area contributed by atoms with Crippen LogP contribution in [0.4, 0.5) is 10.5 Å². The fourth-order valence-corrected chi connectivity index (χ4v) is 7.14. The molecule has 2 amide bonds. The molecule has 0 bridgehead atoms. The Kier molecular flexibility index (Phi) is 11.4. The van der Waals surface area contributed by atoms with Crippen LogP contribution in [0.25, 0.3) is 11.1 Å². The van der Waals surface area contributed by atoms with Crippen molar-refractivity contribution in [3.05, 3.63) is 150 Å². The van der Waals surface area contributed by atoms with Gasteiger partial charge >= 0.3 is 6.03 Å². The summed E-state index contributed by atoms with van der Waals surface area (Å²) in [5.74, 6) is 2.09. The average Bonchev–Trinajstić information content (AvgIpc) is 3.62. The molecule has 12 heteroatoms. The second-order valence-electron chi connectivity index (χ2n) is 12.8. The minimum Gasteiger partial charge on any atom is -0.457 e. The van der Waals surface area contributed by atoms with E-state index in [-0.39, 0.29) is 30.8 Å². The summed E-state index contributed by atoms with van der Waals surface area (Å²) in [6, 6.07) is 40.6. The first-order valence-corrected chi connectivity index (χ1v) is 18.3. The number of anilines is 1. The Hall–Kier alpha value is -5.53. The molecular weight excluding hydrogens is 689 g/mol. The largest absolute Gasteiger partial charge is 0.457 e. The minimum absolute atomic E-state index is 0.0180. The Balaban J connectivity index is 1.02. The van der Waals surface area contributed by atoms with Crippen molar-refractivity contribution in [2.45, 2.75) is 43.7 Å². The molecule has 0 unspecified atom stereocenters. The highest BCUT2D eigenvalue weighted by Crippen LogP contribution is 2.43. The van der Waals surface area contributed by atoms with Gasteiger partial charge in [0.15, 0.2) is 6.29 Å². The van der Waals surface area contributed by atoms with Crippen LogP contribution < -0.4 is 15.4 Å². The van der Waals surface area contributed by atoms with Crippen molar-refractivity contribution in [2.75, 3.05) is 11.1 Å². The third-order valence-corrected chi connectivity index (χ3v) is 10.1. The number of tetrazole rings is 1. The van der Waals surface area contributed by atoms with Crippen molar-refractivity contribution in [3.8, 4) is 22.6 Å². The van der Waals surface area contributed by atoms with Crippen molar-refractivity contribution in [3.63, 3.8) is 0 Å². The minimum atomic E-state index is -0.621. The molecule has 1 aliphatic heterocycles. The van der Waals surface area contributed by atoms with Crippen LogP contribution in [0.15, 0.2) is 133 Å². The maximum atomic E-state index is 12.8. The van der Waals surface area contributed by atoms with Crippen LogP contribution in [-0.2, 0) is 29.7 Å². The third kappa shape index (κ3) is 9.10. The number of nitrogens with one attached hydrogen (secondary N) is 2. The zero-order valence-corrected chi connectivity index (χ0v) is 30.1. The summed E-state index contributed by atoms with van der Waals surface area (Å²) in [7, 11) is 1.82. The summed E-state index contributed by atoms with van der Waals surface area (Å²) < 4.78 is 20.8. The van der Waals surface area contributed by atoms with E-state index in [0.717, 1.165) is 39.1 Å². The number of carbonyl (C=O) groups excluding carboxylic acids is 1. The summed E-state index contributed by atoms with van der Waals surface area (Å²) >= 11 is 1.55. The monoisotopic (exact) mass is 728 g/mol. The number of hydrogen-bond acceptors (Lipinski definition) is 9. The van der Waals surface area contributed by atoms with E-state index >= 15 is 0 Å². The van der Waals surface area contributed by atoms with E-state index in [1.165, 1.54) is 0 Å².